The van der Waals surface area contributed by atoms with Gasteiger partial charge in [0.1, 0.15) is 5.75 Å². The van der Waals surface area contributed by atoms with Crippen LogP contribution in [0.1, 0.15) is 18.3 Å². The van der Waals surface area contributed by atoms with Crippen molar-refractivity contribution in [2.75, 3.05) is 7.05 Å². The van der Waals surface area contributed by atoms with Crippen LogP contribution in [-0.2, 0) is 20.1 Å². The van der Waals surface area contributed by atoms with Gasteiger partial charge in [0.2, 0.25) is 5.82 Å². The molecule has 2 aromatic rings. The van der Waals surface area contributed by atoms with E-state index in [1.165, 1.54) is 10.4 Å². The van der Waals surface area contributed by atoms with E-state index in [0.717, 1.165) is 12.2 Å². The number of benzene rings is 1. The molecule has 1 atom stereocenters. The van der Waals surface area contributed by atoms with Crippen LogP contribution in [0.25, 0.3) is 0 Å². The molecule has 1 N–H and O–H groups in total. The van der Waals surface area contributed by atoms with Crippen LogP contribution in [0.4, 0.5) is 0 Å². The van der Waals surface area contributed by atoms with Crippen molar-refractivity contribution in [1.82, 2.24) is 25.5 Å². The van der Waals surface area contributed by atoms with Crippen molar-refractivity contribution in [2.24, 2.45) is 7.05 Å². The molecule has 0 amide bonds. The van der Waals surface area contributed by atoms with Crippen molar-refractivity contribution in [3.8, 4) is 5.75 Å². The Kier molecular flexibility index (Phi) is 4.46. The molecule has 1 aromatic heterocycles. The second-order valence-electron chi connectivity index (χ2n) is 4.52. The largest absolute Gasteiger partial charge is 0.485 e. The third kappa shape index (κ3) is 4.03. The van der Waals surface area contributed by atoms with E-state index in [9.17, 15) is 0 Å². The number of rotatable bonds is 6. The Bertz CT molecular complexity index is 508. The summed E-state index contributed by atoms with van der Waals surface area (Å²) in [6.45, 7) is 2.49. The molecule has 0 aliphatic heterocycles. The second kappa shape index (κ2) is 6.29. The molecule has 1 heterocycles. The first-order valence-corrected chi connectivity index (χ1v) is 6.29. The Morgan fingerprint density at radius 1 is 1.32 bits per heavy atom. The van der Waals surface area contributed by atoms with Crippen molar-refractivity contribution >= 4 is 0 Å². The smallest absolute Gasteiger partial charge is 0.212 e. The molecule has 0 saturated heterocycles. The summed E-state index contributed by atoms with van der Waals surface area (Å²) in [6, 6.07) is 8.55. The van der Waals surface area contributed by atoms with Crippen molar-refractivity contribution in [3.63, 3.8) is 0 Å². The number of ether oxygens (including phenoxy) is 1. The van der Waals surface area contributed by atoms with Gasteiger partial charge < -0.3 is 10.1 Å². The van der Waals surface area contributed by atoms with E-state index >= 15 is 0 Å². The molecule has 102 valence electrons. The fourth-order valence-electron chi connectivity index (χ4n) is 1.71. The number of hydrogen-bond donors (Lipinski definition) is 1. The van der Waals surface area contributed by atoms with Gasteiger partial charge >= 0.3 is 0 Å². The monoisotopic (exact) mass is 261 g/mol. The zero-order valence-electron chi connectivity index (χ0n) is 11.5. The SMILES string of the molecule is CNC(C)Cc1ccc(OCc2nnn(C)n2)cc1. The van der Waals surface area contributed by atoms with Crippen LogP contribution < -0.4 is 10.1 Å². The van der Waals surface area contributed by atoms with Crippen molar-refractivity contribution < 1.29 is 4.74 Å². The Labute approximate surface area is 112 Å². The molecular formula is C13H19N5O. The topological polar surface area (TPSA) is 64.9 Å². The average molecular weight is 261 g/mol. The minimum absolute atomic E-state index is 0.333. The standard InChI is InChI=1S/C13H19N5O/c1-10(14-2)8-11-4-6-12(7-5-11)19-9-13-15-17-18(3)16-13/h4-7,10,14H,8-9H2,1-3H3. The molecule has 0 fully saturated rings. The van der Waals surface area contributed by atoms with E-state index in [1.54, 1.807) is 7.05 Å². The number of tetrazole rings is 1. The zero-order chi connectivity index (χ0) is 13.7. The van der Waals surface area contributed by atoms with Gasteiger partial charge in [-0.1, -0.05) is 12.1 Å². The fraction of sp³-hybridized carbons (Fsp3) is 0.462. The Hall–Kier alpha value is -1.95. The minimum atomic E-state index is 0.333. The van der Waals surface area contributed by atoms with E-state index in [4.69, 9.17) is 4.74 Å². The molecule has 0 aliphatic carbocycles. The Morgan fingerprint density at radius 2 is 2.05 bits per heavy atom. The maximum atomic E-state index is 5.60. The molecule has 1 aromatic carbocycles. The first kappa shape index (κ1) is 13.5. The lowest BCUT2D eigenvalue weighted by Gasteiger charge is -2.10. The molecule has 0 bridgehead atoms. The van der Waals surface area contributed by atoms with Gasteiger partial charge in [0, 0.05) is 6.04 Å². The van der Waals surface area contributed by atoms with Crippen LogP contribution in [0.2, 0.25) is 0 Å². The van der Waals surface area contributed by atoms with Gasteiger partial charge in [0.15, 0.2) is 6.61 Å². The molecule has 0 spiro atoms. The molecule has 0 radical (unpaired) electrons. The maximum Gasteiger partial charge on any atom is 0.212 e. The molecule has 19 heavy (non-hydrogen) atoms. The summed E-state index contributed by atoms with van der Waals surface area (Å²) < 4.78 is 5.60. The third-order valence-corrected chi connectivity index (χ3v) is 2.88. The van der Waals surface area contributed by atoms with Gasteiger partial charge in [0.25, 0.3) is 0 Å². The Balaban J connectivity index is 1.88. The number of nitrogens with zero attached hydrogens (tertiary/aromatic N) is 4. The number of hydrogen-bond acceptors (Lipinski definition) is 5. The predicted octanol–water partition coefficient (Wildman–Crippen LogP) is 0.939. The van der Waals surface area contributed by atoms with Crippen molar-refractivity contribution in [2.45, 2.75) is 26.0 Å². The number of nitrogens with one attached hydrogen (secondary N) is 1. The lowest BCUT2D eigenvalue weighted by molar-refractivity contribution is 0.295. The van der Waals surface area contributed by atoms with E-state index in [2.05, 4.69) is 39.8 Å². The maximum absolute atomic E-state index is 5.60. The van der Waals surface area contributed by atoms with Gasteiger partial charge in [-0.05, 0) is 43.3 Å². The molecule has 2 rings (SSSR count). The minimum Gasteiger partial charge on any atom is -0.485 e. The van der Waals surface area contributed by atoms with Gasteiger partial charge in [0.05, 0.1) is 7.05 Å². The molecule has 6 nitrogen and oxygen atoms in total. The first-order valence-electron chi connectivity index (χ1n) is 6.29. The summed E-state index contributed by atoms with van der Waals surface area (Å²) in [7, 11) is 3.70. The summed E-state index contributed by atoms with van der Waals surface area (Å²) in [5.74, 6) is 1.39. The molecule has 6 heteroatoms. The van der Waals surface area contributed by atoms with E-state index in [1.807, 2.05) is 19.2 Å². The Morgan fingerprint density at radius 3 is 2.63 bits per heavy atom. The molecule has 0 saturated carbocycles. The number of aromatic nitrogens is 4. The van der Waals surface area contributed by atoms with Gasteiger partial charge in [-0.15, -0.1) is 10.2 Å². The fourth-order valence-corrected chi connectivity index (χ4v) is 1.71. The average Bonchev–Trinajstić information content (AvgIpc) is 2.83. The highest BCUT2D eigenvalue weighted by Crippen LogP contribution is 2.14. The van der Waals surface area contributed by atoms with E-state index in [0.29, 0.717) is 18.5 Å². The summed E-state index contributed by atoms with van der Waals surface area (Å²) in [4.78, 5) is 1.42. The third-order valence-electron chi connectivity index (χ3n) is 2.88. The highest BCUT2D eigenvalue weighted by Gasteiger charge is 2.03. The van der Waals surface area contributed by atoms with Crippen LogP contribution in [0.15, 0.2) is 24.3 Å². The highest BCUT2D eigenvalue weighted by molar-refractivity contribution is 5.27. The lowest BCUT2D eigenvalue weighted by Crippen LogP contribution is -2.23. The van der Waals surface area contributed by atoms with E-state index < -0.39 is 0 Å². The number of aryl methyl sites for hydroxylation is 1. The summed E-state index contributed by atoms with van der Waals surface area (Å²) in [5.41, 5.74) is 1.28. The van der Waals surface area contributed by atoms with Gasteiger partial charge in [-0.3, -0.25) is 0 Å². The molecule has 0 aliphatic rings. The van der Waals surface area contributed by atoms with Crippen LogP contribution >= 0.6 is 0 Å². The highest BCUT2D eigenvalue weighted by atomic mass is 16.5. The first-order chi connectivity index (χ1) is 9.17. The van der Waals surface area contributed by atoms with E-state index in [-0.39, 0.29) is 0 Å². The van der Waals surface area contributed by atoms with Crippen LogP contribution in [-0.4, -0.2) is 33.3 Å². The van der Waals surface area contributed by atoms with Crippen LogP contribution in [0.3, 0.4) is 0 Å². The molecule has 1 unspecified atom stereocenters. The van der Waals surface area contributed by atoms with Crippen LogP contribution in [0.5, 0.6) is 5.75 Å². The quantitative estimate of drug-likeness (QED) is 0.838. The van der Waals surface area contributed by atoms with Gasteiger partial charge in [-0.25, -0.2) is 0 Å². The predicted molar refractivity (Wildman–Crippen MR) is 71.8 cm³/mol. The summed E-state index contributed by atoms with van der Waals surface area (Å²) in [6.07, 6.45) is 1.00. The summed E-state index contributed by atoms with van der Waals surface area (Å²) >= 11 is 0. The normalized spacial score (nSPS) is 12.4. The second-order valence-corrected chi connectivity index (χ2v) is 4.52. The summed E-state index contributed by atoms with van der Waals surface area (Å²) in [5, 5.41) is 14.9. The lowest BCUT2D eigenvalue weighted by atomic mass is 10.1. The number of likely N-dealkylation sites (N-methyl/N-ethyl adjacent to an activating group) is 1. The van der Waals surface area contributed by atoms with Crippen molar-refractivity contribution in [3.05, 3.63) is 35.7 Å². The zero-order valence-corrected chi connectivity index (χ0v) is 11.5. The van der Waals surface area contributed by atoms with Gasteiger partial charge in [-0.2, -0.15) is 4.80 Å². The van der Waals surface area contributed by atoms with Crippen molar-refractivity contribution in [1.29, 1.82) is 0 Å². The molecular weight excluding hydrogens is 242 g/mol. The van der Waals surface area contributed by atoms with Crippen LogP contribution in [0, 0.1) is 0 Å².